The molecule has 2 heterocycles. The van der Waals surface area contributed by atoms with Gasteiger partial charge in [-0.15, -0.1) is 0 Å². The smallest absolute Gasteiger partial charge is 0.238 e. The van der Waals surface area contributed by atoms with Gasteiger partial charge in [0.2, 0.25) is 12.1 Å². The molecule has 43 heavy (non-hydrogen) atoms. The first kappa shape index (κ1) is 28.7. The van der Waals surface area contributed by atoms with E-state index in [1.54, 1.807) is 13.2 Å². The van der Waals surface area contributed by atoms with Crippen LogP contribution in [0.4, 0.5) is 11.4 Å². The van der Waals surface area contributed by atoms with Crippen LogP contribution in [0.2, 0.25) is 0 Å². The summed E-state index contributed by atoms with van der Waals surface area (Å²) in [6.45, 7) is 0.438. The minimum absolute atomic E-state index is 0.0369. The topological polar surface area (TPSA) is 111 Å². The molecule has 1 amide bonds. The van der Waals surface area contributed by atoms with Crippen LogP contribution < -0.4 is 19.7 Å². The van der Waals surface area contributed by atoms with Crippen molar-refractivity contribution >= 4 is 39.9 Å². The molecule has 1 spiro atoms. The summed E-state index contributed by atoms with van der Waals surface area (Å²) in [6.07, 6.45) is 9.16. The molecule has 2 N–H and O–H groups in total. The van der Waals surface area contributed by atoms with Crippen LogP contribution in [0.5, 0.6) is 11.5 Å². The summed E-state index contributed by atoms with van der Waals surface area (Å²) in [5.74, 6) is 3.24. The third kappa shape index (κ3) is 5.67. The van der Waals surface area contributed by atoms with E-state index in [4.69, 9.17) is 20.1 Å². The van der Waals surface area contributed by atoms with Gasteiger partial charge < -0.3 is 25.1 Å². The van der Waals surface area contributed by atoms with Gasteiger partial charge in [-0.25, -0.2) is 0 Å². The number of hydrogen-bond acceptors (Lipinski definition) is 7. The molecule has 8 nitrogen and oxygen atoms in total. The second-order valence-electron chi connectivity index (χ2n) is 11.2. The van der Waals surface area contributed by atoms with Gasteiger partial charge in [0.15, 0.2) is 0 Å². The van der Waals surface area contributed by atoms with Crippen molar-refractivity contribution in [3.05, 3.63) is 89.5 Å². The molecule has 0 unspecified atom stereocenters. The number of fused-ring (bicyclic) bond motifs is 2. The fourth-order valence-electron chi connectivity index (χ4n) is 6.25. The van der Waals surface area contributed by atoms with Crippen molar-refractivity contribution < 1.29 is 14.3 Å². The molecular formula is C34H35N5O3S. The number of anilines is 2. The number of allylic oxidation sites excluding steroid dienone is 1. The van der Waals surface area contributed by atoms with Gasteiger partial charge in [-0.1, -0.05) is 47.4 Å². The molecule has 1 saturated carbocycles. The van der Waals surface area contributed by atoms with E-state index in [9.17, 15) is 4.79 Å². The van der Waals surface area contributed by atoms with E-state index in [0.717, 1.165) is 83.1 Å². The molecule has 2 fully saturated rings. The normalized spacial score (nSPS) is 20.5. The fourth-order valence-corrected chi connectivity index (χ4v) is 7.82. The maximum Gasteiger partial charge on any atom is 0.238 e. The summed E-state index contributed by atoms with van der Waals surface area (Å²) in [7, 11) is 1.40. The minimum Gasteiger partial charge on any atom is -0.497 e. The largest absolute Gasteiger partial charge is 0.497 e. The number of nitrogens with zero attached hydrogens (tertiary/aromatic N) is 3. The van der Waals surface area contributed by atoms with Crippen molar-refractivity contribution in [1.29, 1.82) is 10.7 Å². The molecule has 0 atom stereocenters. The van der Waals surface area contributed by atoms with Crippen LogP contribution >= 0.6 is 0 Å². The van der Waals surface area contributed by atoms with Crippen LogP contribution in [0, 0.1) is 16.9 Å². The number of methoxy groups -OCH3 is 1. The van der Waals surface area contributed by atoms with E-state index in [2.05, 4.69) is 15.7 Å². The number of para-hydroxylation sites is 1. The Hall–Kier alpha value is -4.42. The van der Waals surface area contributed by atoms with Crippen LogP contribution in [-0.4, -0.2) is 36.8 Å². The van der Waals surface area contributed by atoms with Gasteiger partial charge in [0.25, 0.3) is 0 Å². The van der Waals surface area contributed by atoms with Gasteiger partial charge in [-0.2, -0.15) is 9.62 Å². The monoisotopic (exact) mass is 593 g/mol. The number of rotatable bonds is 9. The van der Waals surface area contributed by atoms with Crippen LogP contribution in [0.25, 0.3) is 5.70 Å². The lowest BCUT2D eigenvalue weighted by Crippen LogP contribution is -2.44. The van der Waals surface area contributed by atoms with Crippen LogP contribution in [-0.2, 0) is 27.4 Å². The van der Waals surface area contributed by atoms with Crippen LogP contribution in [0.15, 0.2) is 77.2 Å². The number of hydrogen-bond donors (Lipinski definition) is 2. The van der Waals surface area contributed by atoms with E-state index in [-0.39, 0.29) is 22.7 Å². The number of carbonyl (C=O) groups is 1. The van der Waals surface area contributed by atoms with Crippen LogP contribution in [0.3, 0.4) is 0 Å². The summed E-state index contributed by atoms with van der Waals surface area (Å²) in [5.41, 5.74) is 4.86. The number of amides is 1. The zero-order chi connectivity index (χ0) is 29.8. The SMILES string of the molecule is COc1ccc(CN2C(=O)C3(CCC3)c3cc(/C(=C/C=N)Nc4ccccc4)cc(OC4CCS(=NC#N)CC4)c32)cc1. The highest BCUT2D eigenvalue weighted by Gasteiger charge is 2.55. The molecule has 9 heteroatoms. The molecule has 2 aliphatic heterocycles. The fraction of sp³-hybridized carbons (Fsp3) is 0.324. The standard InChI is InChI=1S/C34H35N5O3S/c1-41-27-10-8-24(9-11-27)22-39-32-29(34(33(39)40)15-5-16-34)20-25(30(12-17-35)38-26-6-3-2-4-7-26)21-31(32)42-28-13-18-43(19-14-28)37-23-36/h2-4,6-12,17,20-21,28,35,38H,5,13-16,18-19,22H2,1H3/b30-12-,35-17?. The van der Waals surface area contributed by atoms with Crippen molar-refractivity contribution in [3.8, 4) is 17.7 Å². The second-order valence-corrected chi connectivity index (χ2v) is 13.1. The van der Waals surface area contributed by atoms with Gasteiger partial charge in [0.1, 0.15) is 17.6 Å². The molecule has 0 aromatic heterocycles. The summed E-state index contributed by atoms with van der Waals surface area (Å²) in [5, 5.41) is 20.4. The van der Waals surface area contributed by atoms with Crippen molar-refractivity contribution in [2.24, 2.45) is 4.36 Å². The molecule has 3 aromatic carbocycles. The predicted octanol–water partition coefficient (Wildman–Crippen LogP) is 6.59. The van der Waals surface area contributed by atoms with Gasteiger partial charge >= 0.3 is 0 Å². The first-order valence-corrected chi connectivity index (χ1v) is 16.2. The lowest BCUT2D eigenvalue weighted by atomic mass is 9.65. The van der Waals surface area contributed by atoms with E-state index < -0.39 is 5.41 Å². The Kier molecular flexibility index (Phi) is 8.30. The average molecular weight is 594 g/mol. The van der Waals surface area contributed by atoms with Crippen LogP contribution in [0.1, 0.15) is 48.8 Å². The molecule has 6 rings (SSSR count). The van der Waals surface area contributed by atoms with Gasteiger partial charge in [0.05, 0.1) is 24.8 Å². The molecule has 1 saturated heterocycles. The molecule has 3 aliphatic rings. The summed E-state index contributed by atoms with van der Waals surface area (Å²) >= 11 is 0. The Bertz CT molecular complexity index is 1610. The number of nitriles is 1. The average Bonchev–Trinajstić information content (AvgIpc) is 3.26. The van der Waals surface area contributed by atoms with Gasteiger partial charge in [0, 0.05) is 34.7 Å². The number of ether oxygens (including phenoxy) is 2. The molecule has 3 aromatic rings. The Morgan fingerprint density at radius 3 is 2.53 bits per heavy atom. The third-order valence-electron chi connectivity index (χ3n) is 8.65. The second kappa shape index (κ2) is 12.4. The maximum absolute atomic E-state index is 14.3. The first-order valence-electron chi connectivity index (χ1n) is 14.7. The summed E-state index contributed by atoms with van der Waals surface area (Å²) in [4.78, 5) is 16.2. The van der Waals surface area contributed by atoms with Gasteiger partial charge in [-0.3, -0.25) is 4.79 Å². The minimum atomic E-state index is -0.566. The first-order chi connectivity index (χ1) is 21.0. The van der Waals surface area contributed by atoms with E-state index in [1.165, 1.54) is 6.21 Å². The van der Waals surface area contributed by atoms with Crippen molar-refractivity contribution in [3.63, 3.8) is 0 Å². The summed E-state index contributed by atoms with van der Waals surface area (Å²) < 4.78 is 16.2. The predicted molar refractivity (Wildman–Crippen MR) is 172 cm³/mol. The number of carbonyl (C=O) groups excluding carboxylic acids is 1. The lowest BCUT2D eigenvalue weighted by molar-refractivity contribution is -0.126. The maximum atomic E-state index is 14.3. The van der Waals surface area contributed by atoms with E-state index in [1.807, 2.05) is 71.8 Å². The zero-order valence-corrected chi connectivity index (χ0v) is 25.0. The Labute approximate surface area is 254 Å². The van der Waals surface area contributed by atoms with Crippen molar-refractivity contribution in [2.75, 3.05) is 28.8 Å². The highest BCUT2D eigenvalue weighted by Crippen LogP contribution is 2.57. The molecule has 0 bridgehead atoms. The van der Waals surface area contributed by atoms with E-state index in [0.29, 0.717) is 12.3 Å². The van der Waals surface area contributed by atoms with E-state index >= 15 is 0 Å². The molecular weight excluding hydrogens is 558 g/mol. The van der Waals surface area contributed by atoms with Crippen molar-refractivity contribution in [1.82, 2.24) is 0 Å². The Balaban J connectivity index is 1.43. The lowest BCUT2D eigenvalue weighted by Gasteiger charge is -2.37. The molecule has 1 aliphatic carbocycles. The van der Waals surface area contributed by atoms with Gasteiger partial charge in [-0.05, 0) is 79.3 Å². The summed E-state index contributed by atoms with van der Waals surface area (Å²) in [6, 6.07) is 21.9. The Morgan fingerprint density at radius 2 is 1.91 bits per heavy atom. The molecule has 220 valence electrons. The highest BCUT2D eigenvalue weighted by atomic mass is 32.2. The molecule has 0 radical (unpaired) electrons. The number of nitrogens with one attached hydrogen (secondary N) is 2. The Morgan fingerprint density at radius 1 is 1.16 bits per heavy atom. The highest BCUT2D eigenvalue weighted by molar-refractivity contribution is 7.87. The number of benzene rings is 3. The zero-order valence-electron chi connectivity index (χ0n) is 24.2. The third-order valence-corrected chi connectivity index (χ3v) is 10.4. The van der Waals surface area contributed by atoms with Crippen molar-refractivity contribution in [2.45, 2.75) is 50.2 Å². The quantitative estimate of drug-likeness (QED) is 0.215.